The number of esters is 1. The number of carboxylic acids is 1. The highest BCUT2D eigenvalue weighted by molar-refractivity contribution is 7.92. The fourth-order valence-electron chi connectivity index (χ4n) is 1.32. The normalized spacial score (nSPS) is 11.5. The van der Waals surface area contributed by atoms with E-state index in [4.69, 9.17) is 9.84 Å². The highest BCUT2D eigenvalue weighted by Crippen LogP contribution is 2.04. The maximum Gasteiger partial charge on any atom is 0.321 e. The summed E-state index contributed by atoms with van der Waals surface area (Å²) in [7, 11) is -3.45. The van der Waals surface area contributed by atoms with Crippen LogP contribution in [0.4, 0.5) is 0 Å². The van der Waals surface area contributed by atoms with Gasteiger partial charge in [-0.15, -0.1) is 0 Å². The van der Waals surface area contributed by atoms with Crippen LogP contribution in [0.5, 0.6) is 0 Å². The van der Waals surface area contributed by atoms with Crippen molar-refractivity contribution in [2.75, 3.05) is 11.5 Å². The molecule has 106 valence electrons. The number of hydrogen-bond donors (Lipinski definition) is 1. The summed E-state index contributed by atoms with van der Waals surface area (Å²) in [5.41, 5.74) is 0. The second-order valence-electron chi connectivity index (χ2n) is 4.34. The van der Waals surface area contributed by atoms with Crippen molar-refractivity contribution in [1.82, 2.24) is 0 Å². The Bertz CT molecular complexity index is 371. The second kappa shape index (κ2) is 8.07. The number of aliphatic carboxylic acids is 1. The standard InChI is InChI=1S/C11H20O6S/c1-9(2)17-11(14)8-18(15,16)7-5-3-4-6-10(12)13/h9H,3-8H2,1-2H3,(H,12,13). The van der Waals surface area contributed by atoms with Crippen LogP contribution in [0.25, 0.3) is 0 Å². The highest BCUT2D eigenvalue weighted by atomic mass is 32.2. The Morgan fingerprint density at radius 3 is 2.28 bits per heavy atom. The highest BCUT2D eigenvalue weighted by Gasteiger charge is 2.18. The third kappa shape index (κ3) is 10.1. The first-order valence-corrected chi connectivity index (χ1v) is 7.67. The molecule has 0 aliphatic heterocycles. The molecule has 18 heavy (non-hydrogen) atoms. The molecule has 1 N–H and O–H groups in total. The van der Waals surface area contributed by atoms with Crippen molar-refractivity contribution in [2.45, 2.75) is 45.6 Å². The predicted octanol–water partition coefficient (Wildman–Crippen LogP) is 0.998. The van der Waals surface area contributed by atoms with E-state index in [1.54, 1.807) is 13.8 Å². The van der Waals surface area contributed by atoms with Gasteiger partial charge in [0.25, 0.3) is 0 Å². The molecule has 0 unspecified atom stereocenters. The van der Waals surface area contributed by atoms with Gasteiger partial charge < -0.3 is 9.84 Å². The Morgan fingerprint density at radius 2 is 1.78 bits per heavy atom. The molecule has 0 aromatic carbocycles. The Kier molecular flexibility index (Phi) is 7.58. The largest absolute Gasteiger partial charge is 0.481 e. The molecule has 0 atom stereocenters. The third-order valence-corrected chi connectivity index (χ3v) is 3.64. The molecule has 0 aliphatic rings. The maximum absolute atomic E-state index is 11.5. The second-order valence-corrected chi connectivity index (χ2v) is 6.52. The van der Waals surface area contributed by atoms with E-state index < -0.39 is 27.5 Å². The van der Waals surface area contributed by atoms with Crippen molar-refractivity contribution >= 4 is 21.8 Å². The van der Waals surface area contributed by atoms with Crippen molar-refractivity contribution in [2.24, 2.45) is 0 Å². The van der Waals surface area contributed by atoms with Gasteiger partial charge in [-0.3, -0.25) is 9.59 Å². The average Bonchev–Trinajstić information content (AvgIpc) is 2.13. The molecule has 0 amide bonds. The average molecular weight is 280 g/mol. The van der Waals surface area contributed by atoms with Crippen molar-refractivity contribution < 1.29 is 27.9 Å². The SMILES string of the molecule is CC(C)OC(=O)CS(=O)(=O)CCCCCC(=O)O. The van der Waals surface area contributed by atoms with Gasteiger partial charge in [-0.1, -0.05) is 6.42 Å². The summed E-state index contributed by atoms with van der Waals surface area (Å²) in [6.45, 7) is 3.30. The summed E-state index contributed by atoms with van der Waals surface area (Å²) in [5.74, 6) is -2.35. The van der Waals surface area contributed by atoms with E-state index in [2.05, 4.69) is 0 Å². The monoisotopic (exact) mass is 280 g/mol. The molecule has 0 saturated heterocycles. The summed E-state index contributed by atoms with van der Waals surface area (Å²) < 4.78 is 27.8. The lowest BCUT2D eigenvalue weighted by Crippen LogP contribution is -2.23. The molecule has 0 radical (unpaired) electrons. The van der Waals surface area contributed by atoms with Crippen LogP contribution in [-0.2, 0) is 24.2 Å². The van der Waals surface area contributed by atoms with Crippen LogP contribution in [0, 0.1) is 0 Å². The Labute approximate surface area is 107 Å². The van der Waals surface area contributed by atoms with E-state index in [0.29, 0.717) is 19.3 Å². The predicted molar refractivity (Wildman–Crippen MR) is 66.0 cm³/mol. The number of carbonyl (C=O) groups excluding carboxylic acids is 1. The van der Waals surface area contributed by atoms with E-state index >= 15 is 0 Å². The van der Waals surface area contributed by atoms with Crippen LogP contribution in [0.3, 0.4) is 0 Å². The molecule has 0 saturated carbocycles. The first kappa shape index (κ1) is 16.9. The zero-order chi connectivity index (χ0) is 14.2. The fraction of sp³-hybridized carbons (Fsp3) is 0.818. The molecular weight excluding hydrogens is 260 g/mol. The lowest BCUT2D eigenvalue weighted by molar-refractivity contribution is -0.144. The van der Waals surface area contributed by atoms with Gasteiger partial charge in [-0.05, 0) is 26.7 Å². The summed E-state index contributed by atoms with van der Waals surface area (Å²) in [6.07, 6.45) is 1.04. The number of hydrogen-bond acceptors (Lipinski definition) is 5. The molecule has 0 aromatic heterocycles. The van der Waals surface area contributed by atoms with Gasteiger partial charge in [0, 0.05) is 6.42 Å². The van der Waals surface area contributed by atoms with E-state index in [9.17, 15) is 18.0 Å². The molecule has 0 fully saturated rings. The smallest absolute Gasteiger partial charge is 0.321 e. The molecule has 0 bridgehead atoms. The van der Waals surface area contributed by atoms with Crippen LogP contribution < -0.4 is 0 Å². The van der Waals surface area contributed by atoms with Gasteiger partial charge in [0.05, 0.1) is 11.9 Å². The van der Waals surface area contributed by atoms with E-state index in [1.165, 1.54) is 0 Å². The minimum absolute atomic E-state index is 0.0371. The molecule has 7 heteroatoms. The summed E-state index contributed by atoms with van der Waals surface area (Å²) in [5, 5.41) is 8.40. The van der Waals surface area contributed by atoms with Crippen LogP contribution in [0.2, 0.25) is 0 Å². The van der Waals surface area contributed by atoms with Gasteiger partial charge in [-0.25, -0.2) is 8.42 Å². The number of rotatable bonds is 9. The third-order valence-electron chi connectivity index (χ3n) is 2.05. The zero-order valence-corrected chi connectivity index (χ0v) is 11.5. The van der Waals surface area contributed by atoms with Gasteiger partial charge in [0.2, 0.25) is 0 Å². The topological polar surface area (TPSA) is 97.7 Å². The lowest BCUT2D eigenvalue weighted by atomic mass is 10.2. The first-order valence-electron chi connectivity index (χ1n) is 5.84. The molecular formula is C11H20O6S. The minimum atomic E-state index is -3.45. The van der Waals surface area contributed by atoms with Crippen molar-refractivity contribution in [3.63, 3.8) is 0 Å². The van der Waals surface area contributed by atoms with E-state index in [1.807, 2.05) is 0 Å². The minimum Gasteiger partial charge on any atom is -0.481 e. The number of unbranched alkanes of at least 4 members (excludes halogenated alkanes) is 2. The van der Waals surface area contributed by atoms with Crippen molar-refractivity contribution in [3.05, 3.63) is 0 Å². The Morgan fingerprint density at radius 1 is 1.17 bits per heavy atom. The Balaban J connectivity index is 3.87. The lowest BCUT2D eigenvalue weighted by Gasteiger charge is -2.08. The summed E-state index contributed by atoms with van der Waals surface area (Å²) in [6, 6.07) is 0. The van der Waals surface area contributed by atoms with Crippen LogP contribution in [0.1, 0.15) is 39.5 Å². The van der Waals surface area contributed by atoms with Crippen LogP contribution in [-0.4, -0.2) is 43.1 Å². The molecule has 0 aromatic rings. The quantitative estimate of drug-likeness (QED) is 0.500. The van der Waals surface area contributed by atoms with Crippen molar-refractivity contribution in [3.8, 4) is 0 Å². The van der Waals surface area contributed by atoms with E-state index in [-0.39, 0.29) is 18.3 Å². The number of ether oxygens (including phenoxy) is 1. The molecule has 6 nitrogen and oxygen atoms in total. The van der Waals surface area contributed by atoms with Crippen molar-refractivity contribution in [1.29, 1.82) is 0 Å². The zero-order valence-electron chi connectivity index (χ0n) is 10.7. The van der Waals surface area contributed by atoms with Crippen LogP contribution >= 0.6 is 0 Å². The molecule has 0 rings (SSSR count). The van der Waals surface area contributed by atoms with E-state index in [0.717, 1.165) is 0 Å². The fourth-order valence-corrected chi connectivity index (χ4v) is 2.54. The summed E-state index contributed by atoms with van der Waals surface area (Å²) >= 11 is 0. The molecule has 0 aliphatic carbocycles. The number of carbonyl (C=O) groups is 2. The number of carboxylic acid groups (broad SMARTS) is 1. The number of sulfone groups is 1. The van der Waals surface area contributed by atoms with Crippen LogP contribution in [0.15, 0.2) is 0 Å². The maximum atomic E-state index is 11.5. The molecule has 0 spiro atoms. The van der Waals surface area contributed by atoms with Gasteiger partial charge in [0.15, 0.2) is 9.84 Å². The van der Waals surface area contributed by atoms with Gasteiger partial charge >= 0.3 is 11.9 Å². The van der Waals surface area contributed by atoms with Gasteiger partial charge in [0.1, 0.15) is 5.75 Å². The Hall–Kier alpha value is -1.11. The molecule has 0 heterocycles. The first-order chi connectivity index (χ1) is 8.23. The summed E-state index contributed by atoms with van der Waals surface area (Å²) in [4.78, 5) is 21.4. The van der Waals surface area contributed by atoms with Gasteiger partial charge in [-0.2, -0.15) is 0 Å².